The maximum atomic E-state index is 12.4. The maximum absolute atomic E-state index is 12.4. The maximum Gasteiger partial charge on any atom is 0.416 e. The van der Waals surface area contributed by atoms with Crippen LogP contribution in [0.5, 0.6) is 0 Å². The Labute approximate surface area is 112 Å². The van der Waals surface area contributed by atoms with Gasteiger partial charge in [-0.05, 0) is 26.2 Å². The van der Waals surface area contributed by atoms with E-state index in [4.69, 9.17) is 4.74 Å². The Morgan fingerprint density at radius 3 is 2.84 bits per heavy atom. The Bertz CT molecular complexity index is 469. The van der Waals surface area contributed by atoms with Gasteiger partial charge in [-0.1, -0.05) is 0 Å². The number of aromatic nitrogens is 2. The van der Waals surface area contributed by atoms with Gasteiger partial charge in [0.25, 0.3) is 6.33 Å². The lowest BCUT2D eigenvalue weighted by molar-refractivity contribution is -0.670. The molecule has 0 aliphatic carbocycles. The smallest absolute Gasteiger partial charge is 0.416 e. The van der Waals surface area contributed by atoms with E-state index in [2.05, 4.69) is 0 Å². The Kier molecular flexibility index (Phi) is 4.19. The second-order valence-corrected chi connectivity index (χ2v) is 4.73. The fourth-order valence-corrected chi connectivity index (χ4v) is 2.36. The molecule has 1 saturated heterocycles. The number of carbonyl (C=O) groups excluding carboxylic acids is 2. The summed E-state index contributed by atoms with van der Waals surface area (Å²) in [6.45, 7) is 2.72. The first-order chi connectivity index (χ1) is 9.13. The van der Waals surface area contributed by atoms with Gasteiger partial charge in [-0.15, -0.1) is 0 Å². The van der Waals surface area contributed by atoms with Gasteiger partial charge in [0.2, 0.25) is 0 Å². The molecule has 1 aliphatic rings. The Hall–Kier alpha value is -1.85. The molecule has 1 aromatic heterocycles. The molecule has 104 valence electrons. The minimum atomic E-state index is -0.450. The molecule has 6 heteroatoms. The molecule has 19 heavy (non-hydrogen) atoms. The zero-order valence-corrected chi connectivity index (χ0v) is 11.4. The van der Waals surface area contributed by atoms with Crippen molar-refractivity contribution in [1.29, 1.82) is 0 Å². The average molecular weight is 266 g/mol. The molecule has 1 atom stereocenters. The molecule has 1 fully saturated rings. The van der Waals surface area contributed by atoms with Crippen LogP contribution in [-0.2, 0) is 16.6 Å². The third-order valence-electron chi connectivity index (χ3n) is 3.30. The summed E-state index contributed by atoms with van der Waals surface area (Å²) in [6, 6.07) is -0.618. The highest BCUT2D eigenvalue weighted by atomic mass is 16.5. The van der Waals surface area contributed by atoms with Gasteiger partial charge in [0, 0.05) is 6.54 Å². The molecule has 1 amide bonds. The van der Waals surface area contributed by atoms with Crippen molar-refractivity contribution >= 4 is 12.0 Å². The summed E-state index contributed by atoms with van der Waals surface area (Å²) in [5.41, 5.74) is 0. The summed E-state index contributed by atoms with van der Waals surface area (Å²) in [7, 11) is 1.85. The van der Waals surface area contributed by atoms with Crippen LogP contribution in [0, 0.1) is 0 Å². The third-order valence-corrected chi connectivity index (χ3v) is 3.30. The molecule has 2 rings (SSSR count). The molecule has 0 bridgehead atoms. The number of likely N-dealkylation sites (tertiary alicyclic amines) is 1. The van der Waals surface area contributed by atoms with Gasteiger partial charge in [-0.3, -0.25) is 4.90 Å². The highest BCUT2D eigenvalue weighted by molar-refractivity contribution is 5.84. The molecule has 0 spiro atoms. The first-order valence-electron chi connectivity index (χ1n) is 6.64. The molecule has 0 aromatic carbocycles. The lowest BCUT2D eigenvalue weighted by atomic mass is 10.0. The minimum Gasteiger partial charge on any atom is -0.464 e. The first kappa shape index (κ1) is 13.6. The number of hydrogen-bond acceptors (Lipinski definition) is 3. The summed E-state index contributed by atoms with van der Waals surface area (Å²) >= 11 is 0. The number of hydrogen-bond donors (Lipinski definition) is 0. The fraction of sp³-hybridized carbons (Fsp3) is 0.615. The van der Waals surface area contributed by atoms with Crippen molar-refractivity contribution < 1.29 is 18.9 Å². The zero-order chi connectivity index (χ0) is 13.8. The third kappa shape index (κ3) is 2.94. The van der Waals surface area contributed by atoms with E-state index >= 15 is 0 Å². The van der Waals surface area contributed by atoms with Crippen LogP contribution in [0.15, 0.2) is 18.7 Å². The fourth-order valence-electron chi connectivity index (χ4n) is 2.36. The molecule has 1 unspecified atom stereocenters. The number of amides is 1. The van der Waals surface area contributed by atoms with Gasteiger partial charge in [0.1, 0.15) is 18.4 Å². The summed E-state index contributed by atoms with van der Waals surface area (Å²) in [4.78, 5) is 25.9. The Morgan fingerprint density at radius 2 is 2.21 bits per heavy atom. The summed E-state index contributed by atoms with van der Waals surface area (Å²) in [5.74, 6) is -0.299. The van der Waals surface area contributed by atoms with Crippen LogP contribution in [0.3, 0.4) is 0 Å². The van der Waals surface area contributed by atoms with Crippen molar-refractivity contribution in [2.75, 3.05) is 13.2 Å². The van der Waals surface area contributed by atoms with Gasteiger partial charge >= 0.3 is 12.0 Å². The summed E-state index contributed by atoms with van der Waals surface area (Å²) in [6.07, 6.45) is 7.74. The Morgan fingerprint density at radius 1 is 1.42 bits per heavy atom. The number of nitrogens with zero attached hydrogens (tertiary/aromatic N) is 3. The second-order valence-electron chi connectivity index (χ2n) is 4.73. The molecular weight excluding hydrogens is 246 g/mol. The monoisotopic (exact) mass is 266 g/mol. The van der Waals surface area contributed by atoms with Crippen LogP contribution in [0.4, 0.5) is 4.79 Å². The lowest BCUT2D eigenvalue weighted by Gasteiger charge is -2.31. The molecule has 0 saturated carbocycles. The number of esters is 1. The molecule has 2 heterocycles. The van der Waals surface area contributed by atoms with E-state index in [0.29, 0.717) is 19.6 Å². The van der Waals surface area contributed by atoms with E-state index in [-0.39, 0.29) is 12.0 Å². The van der Waals surface area contributed by atoms with Crippen molar-refractivity contribution in [3.63, 3.8) is 0 Å². The number of aryl methyl sites for hydroxylation is 1. The standard InChI is InChI=1S/C13H20N3O3/c1-3-19-12(17)11-6-4-5-7-16(11)13(18)15-9-8-14(2)10-15/h8-11H,3-7H2,1-2H3/q+1. The van der Waals surface area contributed by atoms with E-state index in [0.717, 1.165) is 12.8 Å². The van der Waals surface area contributed by atoms with Gasteiger partial charge in [-0.2, -0.15) is 4.57 Å². The quantitative estimate of drug-likeness (QED) is 0.585. The van der Waals surface area contributed by atoms with E-state index in [1.807, 2.05) is 7.05 Å². The average Bonchev–Trinajstić information content (AvgIpc) is 2.85. The number of carbonyl (C=O) groups is 2. The highest BCUT2D eigenvalue weighted by Crippen LogP contribution is 2.19. The van der Waals surface area contributed by atoms with Crippen LogP contribution < -0.4 is 4.57 Å². The molecular formula is C13H20N3O3+. The number of ether oxygens (including phenoxy) is 1. The van der Waals surface area contributed by atoms with Crippen LogP contribution in [0.1, 0.15) is 26.2 Å². The predicted molar refractivity (Wildman–Crippen MR) is 67.4 cm³/mol. The van der Waals surface area contributed by atoms with Gasteiger partial charge < -0.3 is 4.74 Å². The minimum absolute atomic E-state index is 0.168. The molecule has 0 radical (unpaired) electrons. The summed E-state index contributed by atoms with van der Waals surface area (Å²) < 4.78 is 8.35. The van der Waals surface area contributed by atoms with Crippen molar-refractivity contribution in [1.82, 2.24) is 9.47 Å². The van der Waals surface area contributed by atoms with E-state index in [9.17, 15) is 9.59 Å². The molecule has 6 nitrogen and oxygen atoms in total. The van der Waals surface area contributed by atoms with E-state index in [1.165, 1.54) is 4.57 Å². The molecule has 1 aliphatic heterocycles. The van der Waals surface area contributed by atoms with Crippen LogP contribution >= 0.6 is 0 Å². The topological polar surface area (TPSA) is 55.4 Å². The van der Waals surface area contributed by atoms with Gasteiger partial charge in [0.05, 0.1) is 13.7 Å². The normalized spacial score (nSPS) is 19.3. The van der Waals surface area contributed by atoms with Crippen LogP contribution in [-0.4, -0.2) is 40.7 Å². The predicted octanol–water partition coefficient (Wildman–Crippen LogP) is 0.698. The lowest BCUT2D eigenvalue weighted by Crippen LogP contribution is -2.50. The van der Waals surface area contributed by atoms with Crippen LogP contribution in [0.2, 0.25) is 0 Å². The van der Waals surface area contributed by atoms with Crippen molar-refractivity contribution in [2.45, 2.75) is 32.2 Å². The van der Waals surface area contributed by atoms with Crippen molar-refractivity contribution in [3.05, 3.63) is 18.7 Å². The van der Waals surface area contributed by atoms with Crippen molar-refractivity contribution in [2.24, 2.45) is 7.05 Å². The van der Waals surface area contributed by atoms with E-state index < -0.39 is 6.04 Å². The number of piperidine rings is 1. The highest BCUT2D eigenvalue weighted by Gasteiger charge is 2.35. The number of rotatable bonds is 2. The van der Waals surface area contributed by atoms with Gasteiger partial charge in [0.15, 0.2) is 0 Å². The first-order valence-corrected chi connectivity index (χ1v) is 6.64. The van der Waals surface area contributed by atoms with Crippen LogP contribution in [0.25, 0.3) is 0 Å². The largest absolute Gasteiger partial charge is 0.464 e. The van der Waals surface area contributed by atoms with E-state index in [1.54, 1.807) is 35.1 Å². The molecule has 0 N–H and O–H groups in total. The summed E-state index contributed by atoms with van der Waals surface area (Å²) in [5, 5.41) is 0. The Balaban J connectivity index is 2.15. The molecule has 1 aromatic rings. The van der Waals surface area contributed by atoms with Gasteiger partial charge in [-0.25, -0.2) is 14.2 Å². The van der Waals surface area contributed by atoms with Crippen molar-refractivity contribution in [3.8, 4) is 0 Å². The number of imidazole rings is 1. The zero-order valence-electron chi connectivity index (χ0n) is 11.4. The second kappa shape index (κ2) is 5.86. The SMILES string of the molecule is CCOC(=O)C1CCCCN1C(=O)n1cc[n+](C)c1.